The van der Waals surface area contributed by atoms with Crippen LogP contribution >= 0.6 is 11.3 Å². The highest BCUT2D eigenvalue weighted by molar-refractivity contribution is 7.09. The van der Waals surface area contributed by atoms with E-state index in [1.165, 1.54) is 4.88 Å². The largest absolute Gasteiger partial charge is 0.382 e. The number of hydrogen-bond acceptors (Lipinski definition) is 5. The molecule has 0 spiro atoms. The number of aromatic nitrogens is 1. The lowest BCUT2D eigenvalue weighted by Crippen LogP contribution is -2.38. The van der Waals surface area contributed by atoms with Crippen molar-refractivity contribution in [1.29, 1.82) is 0 Å². The Labute approximate surface area is 131 Å². The summed E-state index contributed by atoms with van der Waals surface area (Å²) in [5.41, 5.74) is 2.92. The number of aliphatic imine (C=N–C) groups is 1. The highest BCUT2D eigenvalue weighted by Crippen LogP contribution is 2.12. The van der Waals surface area contributed by atoms with E-state index in [0.29, 0.717) is 19.8 Å². The summed E-state index contributed by atoms with van der Waals surface area (Å²) in [6, 6.07) is 0. The average molecular weight is 314 g/mol. The van der Waals surface area contributed by atoms with Crippen molar-refractivity contribution in [3.8, 4) is 0 Å². The molecule has 0 bridgehead atoms. The SMILES string of the molecule is CCNC(=NCc1scnc1C)NCCCOCCOC. The number of rotatable bonds is 10. The van der Waals surface area contributed by atoms with Gasteiger partial charge >= 0.3 is 0 Å². The van der Waals surface area contributed by atoms with Crippen LogP contribution in [-0.2, 0) is 16.0 Å². The number of nitrogens with one attached hydrogen (secondary N) is 2. The molecule has 7 heteroatoms. The lowest BCUT2D eigenvalue weighted by Gasteiger charge is -2.11. The predicted octanol–water partition coefficient (Wildman–Crippen LogP) is 1.56. The van der Waals surface area contributed by atoms with E-state index in [1.54, 1.807) is 18.4 Å². The minimum atomic E-state index is 0.645. The smallest absolute Gasteiger partial charge is 0.191 e. The summed E-state index contributed by atoms with van der Waals surface area (Å²) in [5.74, 6) is 0.835. The van der Waals surface area contributed by atoms with Crippen LogP contribution in [-0.4, -0.2) is 51.0 Å². The van der Waals surface area contributed by atoms with Gasteiger partial charge in [0.05, 0.1) is 31.0 Å². The third-order valence-electron chi connectivity index (χ3n) is 2.76. The van der Waals surface area contributed by atoms with Crippen molar-refractivity contribution in [3.63, 3.8) is 0 Å². The molecule has 1 aromatic heterocycles. The second-order valence-corrected chi connectivity index (χ2v) is 5.38. The normalized spacial score (nSPS) is 11.7. The van der Waals surface area contributed by atoms with Crippen molar-refractivity contribution >= 4 is 17.3 Å². The number of nitrogens with zero attached hydrogens (tertiary/aromatic N) is 2. The summed E-state index contributed by atoms with van der Waals surface area (Å²) in [7, 11) is 1.68. The van der Waals surface area contributed by atoms with Gasteiger partial charge in [-0.3, -0.25) is 0 Å². The highest BCUT2D eigenvalue weighted by Gasteiger charge is 2.01. The van der Waals surface area contributed by atoms with Crippen LogP contribution in [0, 0.1) is 6.92 Å². The van der Waals surface area contributed by atoms with Crippen LogP contribution in [0.4, 0.5) is 0 Å². The number of hydrogen-bond donors (Lipinski definition) is 2. The zero-order valence-electron chi connectivity index (χ0n) is 13.1. The standard InChI is InChI=1S/C14H26N4O2S/c1-4-15-14(16-6-5-7-20-9-8-19-3)17-10-13-12(2)18-11-21-13/h11H,4-10H2,1-3H3,(H2,15,16,17). The number of guanidine groups is 1. The molecule has 0 radical (unpaired) electrons. The second-order valence-electron chi connectivity index (χ2n) is 4.44. The van der Waals surface area contributed by atoms with Gasteiger partial charge in [0.15, 0.2) is 5.96 Å². The number of thiazole rings is 1. The number of aryl methyl sites for hydroxylation is 1. The van der Waals surface area contributed by atoms with E-state index in [0.717, 1.165) is 37.8 Å². The van der Waals surface area contributed by atoms with Gasteiger partial charge in [0.25, 0.3) is 0 Å². The fourth-order valence-electron chi connectivity index (χ4n) is 1.60. The first-order chi connectivity index (χ1) is 10.3. The molecule has 6 nitrogen and oxygen atoms in total. The van der Waals surface area contributed by atoms with Gasteiger partial charge in [0, 0.05) is 31.7 Å². The first kappa shape index (κ1) is 17.9. The molecular weight excluding hydrogens is 288 g/mol. The molecule has 0 aliphatic carbocycles. The van der Waals surface area contributed by atoms with Crippen molar-refractivity contribution in [3.05, 3.63) is 16.1 Å². The minimum absolute atomic E-state index is 0.645. The molecule has 0 aromatic carbocycles. The maximum absolute atomic E-state index is 5.42. The Balaban J connectivity index is 2.24. The Kier molecular flexibility index (Phi) is 9.77. The maximum Gasteiger partial charge on any atom is 0.191 e. The summed E-state index contributed by atoms with van der Waals surface area (Å²) < 4.78 is 10.3. The summed E-state index contributed by atoms with van der Waals surface area (Å²) in [4.78, 5) is 10.0. The van der Waals surface area contributed by atoms with Crippen LogP contribution in [0.1, 0.15) is 23.9 Å². The molecule has 1 rings (SSSR count). The van der Waals surface area contributed by atoms with Crippen molar-refractivity contribution in [1.82, 2.24) is 15.6 Å². The van der Waals surface area contributed by atoms with Gasteiger partial charge in [0.1, 0.15) is 0 Å². The van der Waals surface area contributed by atoms with Gasteiger partial charge in [-0.25, -0.2) is 9.98 Å². The molecule has 0 atom stereocenters. The molecular formula is C14H26N4O2S. The van der Waals surface area contributed by atoms with Crippen molar-refractivity contribution in [2.45, 2.75) is 26.8 Å². The number of methoxy groups -OCH3 is 1. The first-order valence-corrected chi connectivity index (χ1v) is 8.13. The summed E-state index contributed by atoms with van der Waals surface area (Å²) in [5, 5.41) is 6.54. The van der Waals surface area contributed by atoms with E-state index in [1.807, 2.05) is 12.4 Å². The van der Waals surface area contributed by atoms with Gasteiger partial charge in [0.2, 0.25) is 0 Å². The lowest BCUT2D eigenvalue weighted by molar-refractivity contribution is 0.0698. The zero-order chi connectivity index (χ0) is 15.3. The molecule has 1 heterocycles. The topological polar surface area (TPSA) is 67.8 Å². The van der Waals surface area contributed by atoms with E-state index in [2.05, 4.69) is 27.5 Å². The molecule has 21 heavy (non-hydrogen) atoms. The lowest BCUT2D eigenvalue weighted by atomic mass is 10.4. The van der Waals surface area contributed by atoms with Crippen LogP contribution in [0.15, 0.2) is 10.5 Å². The molecule has 0 aliphatic heterocycles. The zero-order valence-corrected chi connectivity index (χ0v) is 14.0. The van der Waals surface area contributed by atoms with Crippen LogP contribution in [0.25, 0.3) is 0 Å². The van der Waals surface area contributed by atoms with Crippen molar-refractivity contribution in [2.75, 3.05) is 40.0 Å². The highest BCUT2D eigenvalue weighted by atomic mass is 32.1. The molecule has 0 saturated heterocycles. The van der Waals surface area contributed by atoms with Crippen molar-refractivity contribution in [2.24, 2.45) is 4.99 Å². The third kappa shape index (κ3) is 7.99. The van der Waals surface area contributed by atoms with Gasteiger partial charge in [-0.15, -0.1) is 11.3 Å². The first-order valence-electron chi connectivity index (χ1n) is 7.25. The maximum atomic E-state index is 5.42. The molecule has 0 aliphatic rings. The fraction of sp³-hybridized carbons (Fsp3) is 0.714. The third-order valence-corrected chi connectivity index (χ3v) is 3.68. The summed E-state index contributed by atoms with van der Waals surface area (Å²) >= 11 is 1.64. The Bertz CT molecular complexity index is 409. The van der Waals surface area contributed by atoms with E-state index in [4.69, 9.17) is 9.47 Å². The Morgan fingerprint density at radius 1 is 1.33 bits per heavy atom. The molecule has 0 unspecified atom stereocenters. The molecule has 0 amide bonds. The Morgan fingerprint density at radius 2 is 2.19 bits per heavy atom. The van der Waals surface area contributed by atoms with Crippen LogP contribution in [0.5, 0.6) is 0 Å². The molecule has 2 N–H and O–H groups in total. The Morgan fingerprint density at radius 3 is 2.86 bits per heavy atom. The van der Waals surface area contributed by atoms with Crippen LogP contribution in [0.3, 0.4) is 0 Å². The molecule has 0 fully saturated rings. The predicted molar refractivity (Wildman–Crippen MR) is 87.0 cm³/mol. The Hall–Kier alpha value is -1.18. The van der Waals surface area contributed by atoms with Crippen LogP contribution in [0.2, 0.25) is 0 Å². The number of ether oxygens (including phenoxy) is 2. The second kappa shape index (κ2) is 11.5. The van der Waals surface area contributed by atoms with Gasteiger partial charge in [-0.05, 0) is 20.3 Å². The molecule has 120 valence electrons. The van der Waals surface area contributed by atoms with Gasteiger partial charge in [-0.2, -0.15) is 0 Å². The summed E-state index contributed by atoms with van der Waals surface area (Å²) in [6.45, 7) is 8.43. The molecule has 1 aromatic rings. The molecule has 0 saturated carbocycles. The van der Waals surface area contributed by atoms with E-state index < -0.39 is 0 Å². The fourth-order valence-corrected chi connectivity index (χ4v) is 2.30. The summed E-state index contributed by atoms with van der Waals surface area (Å²) in [6.07, 6.45) is 0.938. The van der Waals surface area contributed by atoms with E-state index >= 15 is 0 Å². The quantitative estimate of drug-likeness (QED) is 0.390. The van der Waals surface area contributed by atoms with Crippen LogP contribution < -0.4 is 10.6 Å². The monoisotopic (exact) mass is 314 g/mol. The van der Waals surface area contributed by atoms with E-state index in [-0.39, 0.29) is 0 Å². The average Bonchev–Trinajstić information content (AvgIpc) is 2.89. The van der Waals surface area contributed by atoms with Gasteiger partial charge < -0.3 is 20.1 Å². The van der Waals surface area contributed by atoms with E-state index in [9.17, 15) is 0 Å². The van der Waals surface area contributed by atoms with Crippen molar-refractivity contribution < 1.29 is 9.47 Å². The van der Waals surface area contributed by atoms with Gasteiger partial charge in [-0.1, -0.05) is 0 Å². The minimum Gasteiger partial charge on any atom is -0.382 e.